The van der Waals surface area contributed by atoms with Gasteiger partial charge >= 0.3 is 0 Å². The zero-order valence-corrected chi connectivity index (χ0v) is 10.4. The summed E-state index contributed by atoms with van der Waals surface area (Å²) in [5.41, 5.74) is 0.324. The van der Waals surface area contributed by atoms with Crippen molar-refractivity contribution in [3.05, 3.63) is 16.9 Å². The van der Waals surface area contributed by atoms with E-state index in [0.717, 1.165) is 6.61 Å². The summed E-state index contributed by atoms with van der Waals surface area (Å²) in [7, 11) is 1.68. The van der Waals surface area contributed by atoms with Gasteiger partial charge in [0.2, 0.25) is 0 Å². The van der Waals surface area contributed by atoms with E-state index < -0.39 is 0 Å². The topological polar surface area (TPSA) is 52.1 Å². The molecule has 0 aliphatic rings. The molecule has 0 spiro atoms. The average Bonchev–Trinajstić information content (AvgIpc) is 2.29. The molecule has 0 aliphatic carbocycles. The van der Waals surface area contributed by atoms with E-state index in [1.165, 1.54) is 18.0 Å². The second-order valence-corrected chi connectivity index (χ2v) is 3.43. The first kappa shape index (κ1) is 14.3. The molecule has 0 saturated heterocycles. The van der Waals surface area contributed by atoms with Gasteiger partial charge in [0.15, 0.2) is 11.4 Å². The van der Waals surface area contributed by atoms with Crippen LogP contribution >= 0.6 is 23.4 Å². The minimum absolute atomic E-state index is 0.208. The molecule has 0 unspecified atom stereocenters. The number of hydrogen-bond donors (Lipinski definition) is 0. The van der Waals surface area contributed by atoms with Gasteiger partial charge in [-0.1, -0.05) is 23.4 Å². The largest absolute Gasteiger partial charge is 0.385 e. The van der Waals surface area contributed by atoms with Crippen molar-refractivity contribution in [2.75, 3.05) is 20.0 Å². The lowest BCUT2D eigenvalue weighted by atomic mass is 10.4. The molecule has 1 aromatic rings. The summed E-state index contributed by atoms with van der Waals surface area (Å²) in [6.45, 7) is 2.78. The Morgan fingerprint density at radius 2 is 2.27 bits per heavy atom. The standard InChI is InChI=1S/C6H5ClN2OS.C3H8O/c1-11-6-8-2-4(3-10)5(7)9-6;1-3-4-2/h2-3H,1H3;3H2,1-2H3. The van der Waals surface area contributed by atoms with Crippen LogP contribution in [0.25, 0.3) is 0 Å². The molecule has 1 rings (SSSR count). The third-order valence-electron chi connectivity index (χ3n) is 1.34. The number of thioether (sulfide) groups is 1. The van der Waals surface area contributed by atoms with E-state index in [2.05, 4.69) is 14.7 Å². The first-order chi connectivity index (χ1) is 7.19. The second kappa shape index (κ2) is 8.64. The molecule has 4 nitrogen and oxygen atoms in total. The summed E-state index contributed by atoms with van der Waals surface area (Å²) in [6.07, 6.45) is 3.88. The van der Waals surface area contributed by atoms with Gasteiger partial charge in [-0.15, -0.1) is 0 Å². The van der Waals surface area contributed by atoms with Crippen molar-refractivity contribution in [1.82, 2.24) is 9.97 Å². The van der Waals surface area contributed by atoms with Gasteiger partial charge in [0.05, 0.1) is 5.56 Å². The first-order valence-electron chi connectivity index (χ1n) is 4.20. The predicted molar refractivity (Wildman–Crippen MR) is 61.8 cm³/mol. The molecule has 15 heavy (non-hydrogen) atoms. The van der Waals surface area contributed by atoms with Gasteiger partial charge in [-0.3, -0.25) is 4.79 Å². The zero-order valence-electron chi connectivity index (χ0n) is 8.86. The number of carbonyl (C=O) groups is 1. The molecule has 0 amide bonds. The van der Waals surface area contributed by atoms with Crippen LogP contribution in [0.15, 0.2) is 11.4 Å². The third-order valence-corrected chi connectivity index (χ3v) is 2.21. The van der Waals surface area contributed by atoms with Gasteiger partial charge in [0, 0.05) is 19.9 Å². The van der Waals surface area contributed by atoms with Gasteiger partial charge < -0.3 is 4.74 Å². The molecule has 84 valence electrons. The first-order valence-corrected chi connectivity index (χ1v) is 5.80. The van der Waals surface area contributed by atoms with Crippen molar-refractivity contribution in [2.24, 2.45) is 0 Å². The smallest absolute Gasteiger partial charge is 0.188 e. The number of ether oxygens (including phenoxy) is 1. The van der Waals surface area contributed by atoms with E-state index in [0.29, 0.717) is 17.0 Å². The van der Waals surface area contributed by atoms with Crippen LogP contribution in [0.5, 0.6) is 0 Å². The molecule has 6 heteroatoms. The van der Waals surface area contributed by atoms with Crippen LogP contribution in [0, 0.1) is 0 Å². The third kappa shape index (κ3) is 5.71. The number of halogens is 1. The molecule has 0 aromatic carbocycles. The van der Waals surface area contributed by atoms with Crippen molar-refractivity contribution >= 4 is 29.6 Å². The normalized spacial score (nSPS) is 9.07. The molecule has 0 aliphatic heterocycles. The fraction of sp³-hybridized carbons (Fsp3) is 0.444. The number of aromatic nitrogens is 2. The summed E-state index contributed by atoms with van der Waals surface area (Å²) in [5, 5.41) is 0.778. The van der Waals surface area contributed by atoms with E-state index >= 15 is 0 Å². The van der Waals surface area contributed by atoms with Crippen molar-refractivity contribution in [2.45, 2.75) is 12.1 Å². The number of rotatable bonds is 3. The maximum atomic E-state index is 10.3. The fourth-order valence-electron chi connectivity index (χ4n) is 0.533. The monoisotopic (exact) mass is 248 g/mol. The zero-order chi connectivity index (χ0) is 11.7. The number of carbonyl (C=O) groups excluding carboxylic acids is 1. The Kier molecular flexibility index (Phi) is 8.27. The Morgan fingerprint density at radius 3 is 2.60 bits per heavy atom. The molecule has 0 fully saturated rings. The van der Waals surface area contributed by atoms with Crippen LogP contribution in [0.4, 0.5) is 0 Å². The van der Waals surface area contributed by atoms with Crippen molar-refractivity contribution in [1.29, 1.82) is 0 Å². The van der Waals surface area contributed by atoms with E-state index in [9.17, 15) is 4.79 Å². The maximum absolute atomic E-state index is 10.3. The van der Waals surface area contributed by atoms with Crippen LogP contribution in [0.3, 0.4) is 0 Å². The van der Waals surface area contributed by atoms with Gasteiger partial charge in [0.1, 0.15) is 5.15 Å². The highest BCUT2D eigenvalue weighted by Gasteiger charge is 2.01. The maximum Gasteiger partial charge on any atom is 0.188 e. The molecule has 0 saturated carbocycles. The molecular weight excluding hydrogens is 236 g/mol. The van der Waals surface area contributed by atoms with Crippen molar-refractivity contribution in [3.8, 4) is 0 Å². The van der Waals surface area contributed by atoms with E-state index in [1.807, 2.05) is 13.2 Å². The Balaban J connectivity index is 0.000000423. The number of hydrogen-bond acceptors (Lipinski definition) is 5. The summed E-state index contributed by atoms with van der Waals surface area (Å²) in [4.78, 5) is 18.0. The van der Waals surface area contributed by atoms with Gasteiger partial charge in [-0.2, -0.15) is 0 Å². The highest BCUT2D eigenvalue weighted by atomic mass is 35.5. The predicted octanol–water partition coefficient (Wildman–Crippen LogP) is 2.32. The summed E-state index contributed by atoms with van der Waals surface area (Å²) in [6, 6.07) is 0. The lowest BCUT2D eigenvalue weighted by molar-refractivity contribution is 0.112. The summed E-state index contributed by atoms with van der Waals surface area (Å²) in [5.74, 6) is 0. The van der Waals surface area contributed by atoms with Crippen LogP contribution in [-0.2, 0) is 4.74 Å². The van der Waals surface area contributed by atoms with Crippen LogP contribution in [-0.4, -0.2) is 36.2 Å². The molecule has 0 N–H and O–H groups in total. The van der Waals surface area contributed by atoms with Crippen molar-refractivity contribution in [3.63, 3.8) is 0 Å². The SMILES string of the molecule is CCOC.CSc1ncc(C=O)c(Cl)n1. The van der Waals surface area contributed by atoms with Crippen LogP contribution < -0.4 is 0 Å². The summed E-state index contributed by atoms with van der Waals surface area (Å²) >= 11 is 6.99. The highest BCUT2D eigenvalue weighted by molar-refractivity contribution is 7.98. The quantitative estimate of drug-likeness (QED) is 0.356. The molecule has 1 heterocycles. The van der Waals surface area contributed by atoms with Crippen LogP contribution in [0.2, 0.25) is 5.15 Å². The van der Waals surface area contributed by atoms with E-state index in [-0.39, 0.29) is 5.15 Å². The number of aldehydes is 1. The minimum atomic E-state index is 0.208. The van der Waals surface area contributed by atoms with E-state index in [4.69, 9.17) is 11.6 Å². The summed E-state index contributed by atoms with van der Waals surface area (Å²) < 4.78 is 4.54. The van der Waals surface area contributed by atoms with Crippen LogP contribution in [0.1, 0.15) is 17.3 Å². The van der Waals surface area contributed by atoms with E-state index in [1.54, 1.807) is 7.11 Å². The molecular formula is C9H13ClN2O2S. The molecule has 0 radical (unpaired) electrons. The fourth-order valence-corrected chi connectivity index (χ4v) is 1.10. The van der Waals surface area contributed by atoms with Crippen molar-refractivity contribution < 1.29 is 9.53 Å². The van der Waals surface area contributed by atoms with Gasteiger partial charge in [-0.25, -0.2) is 9.97 Å². The Labute approximate surface area is 98.4 Å². The van der Waals surface area contributed by atoms with Gasteiger partial charge in [-0.05, 0) is 13.2 Å². The highest BCUT2D eigenvalue weighted by Crippen LogP contribution is 2.14. The Hall–Kier alpha value is -0.650. The number of methoxy groups -OCH3 is 1. The molecule has 0 bridgehead atoms. The lowest BCUT2D eigenvalue weighted by Gasteiger charge is -1.95. The molecule has 0 atom stereocenters. The molecule has 1 aromatic heterocycles. The lowest BCUT2D eigenvalue weighted by Crippen LogP contribution is -1.91. The minimum Gasteiger partial charge on any atom is -0.385 e. The number of nitrogens with zero attached hydrogens (tertiary/aromatic N) is 2. The Bertz CT molecular complexity index is 308. The second-order valence-electron chi connectivity index (χ2n) is 2.30. The Morgan fingerprint density at radius 1 is 1.67 bits per heavy atom. The average molecular weight is 249 g/mol. The van der Waals surface area contributed by atoms with Gasteiger partial charge in [0.25, 0.3) is 0 Å².